The highest BCUT2D eigenvalue weighted by molar-refractivity contribution is 6.11. The molecule has 0 saturated carbocycles. The van der Waals surface area contributed by atoms with E-state index >= 15 is 0 Å². The van der Waals surface area contributed by atoms with Crippen LogP contribution in [0.1, 0.15) is 16.7 Å². The van der Waals surface area contributed by atoms with E-state index in [1.807, 2.05) is 36.1 Å². The number of hydrogen-bond acceptors (Lipinski definition) is 1. The van der Waals surface area contributed by atoms with E-state index in [-0.39, 0.29) is 5.82 Å². The van der Waals surface area contributed by atoms with Crippen molar-refractivity contribution in [3.05, 3.63) is 65.0 Å². The third-order valence-electron chi connectivity index (χ3n) is 3.33. The quantitative estimate of drug-likeness (QED) is 0.811. The van der Waals surface area contributed by atoms with Crippen molar-refractivity contribution in [3.8, 4) is 0 Å². The van der Waals surface area contributed by atoms with Gasteiger partial charge in [0.2, 0.25) is 0 Å². The Balaban J connectivity index is 2.06. The average Bonchev–Trinajstić information content (AvgIpc) is 2.71. The van der Waals surface area contributed by atoms with Crippen LogP contribution < -0.4 is 4.90 Å². The lowest BCUT2D eigenvalue weighted by molar-refractivity contribution is 0.627. The lowest BCUT2D eigenvalue weighted by Gasteiger charge is -2.20. The fraction of sp³-hybridized carbons (Fsp3) is 0.133. The van der Waals surface area contributed by atoms with Crippen molar-refractivity contribution in [1.82, 2.24) is 0 Å². The monoisotopic (exact) mass is 240 g/mol. The molecule has 0 bridgehead atoms. The van der Waals surface area contributed by atoms with Crippen molar-refractivity contribution in [1.29, 1.82) is 5.41 Å². The minimum absolute atomic E-state index is 0.264. The number of hydrogen-bond donors (Lipinski definition) is 1. The molecule has 2 nitrogen and oxygen atoms in total. The molecule has 0 aromatic heterocycles. The predicted octanol–water partition coefficient (Wildman–Crippen LogP) is 3.48. The molecule has 0 amide bonds. The fourth-order valence-electron chi connectivity index (χ4n) is 2.36. The number of nitrogens with zero attached hydrogens (tertiary/aromatic N) is 1. The molecule has 3 rings (SSSR count). The SMILES string of the molecule is Cc1ccc(F)cc1N1Cc2ccccc2C1=N. The van der Waals surface area contributed by atoms with Crippen LogP contribution in [0.25, 0.3) is 0 Å². The molecule has 2 aromatic carbocycles. The summed E-state index contributed by atoms with van der Waals surface area (Å²) in [5, 5.41) is 8.20. The number of fused-ring (bicyclic) bond motifs is 1. The number of halogens is 1. The van der Waals surface area contributed by atoms with E-state index in [9.17, 15) is 4.39 Å². The number of aryl methyl sites for hydroxylation is 1. The first kappa shape index (κ1) is 11.0. The van der Waals surface area contributed by atoms with E-state index < -0.39 is 0 Å². The van der Waals surface area contributed by atoms with Crippen LogP contribution in [0.4, 0.5) is 10.1 Å². The Bertz CT molecular complexity index is 634. The Labute approximate surface area is 105 Å². The highest BCUT2D eigenvalue weighted by Gasteiger charge is 2.25. The summed E-state index contributed by atoms with van der Waals surface area (Å²) in [6.07, 6.45) is 0. The van der Waals surface area contributed by atoms with Crippen molar-refractivity contribution in [3.63, 3.8) is 0 Å². The van der Waals surface area contributed by atoms with Gasteiger partial charge in [0.05, 0.1) is 6.54 Å². The summed E-state index contributed by atoms with van der Waals surface area (Å²) >= 11 is 0. The predicted molar refractivity (Wildman–Crippen MR) is 70.6 cm³/mol. The third-order valence-corrected chi connectivity index (χ3v) is 3.33. The lowest BCUT2D eigenvalue weighted by Crippen LogP contribution is -2.24. The highest BCUT2D eigenvalue weighted by atomic mass is 19.1. The maximum absolute atomic E-state index is 13.4. The summed E-state index contributed by atoms with van der Waals surface area (Å²) in [5.41, 5.74) is 3.80. The number of rotatable bonds is 1. The smallest absolute Gasteiger partial charge is 0.133 e. The van der Waals surface area contributed by atoms with E-state index in [1.54, 1.807) is 6.07 Å². The van der Waals surface area contributed by atoms with E-state index in [1.165, 1.54) is 12.1 Å². The Morgan fingerprint density at radius 2 is 1.94 bits per heavy atom. The van der Waals surface area contributed by atoms with Gasteiger partial charge in [-0.3, -0.25) is 5.41 Å². The zero-order valence-corrected chi connectivity index (χ0v) is 10.1. The molecule has 18 heavy (non-hydrogen) atoms. The van der Waals surface area contributed by atoms with Crippen LogP contribution in [0, 0.1) is 18.2 Å². The fourth-order valence-corrected chi connectivity index (χ4v) is 2.36. The van der Waals surface area contributed by atoms with Crippen molar-refractivity contribution in [2.45, 2.75) is 13.5 Å². The van der Waals surface area contributed by atoms with Gasteiger partial charge >= 0.3 is 0 Å². The maximum Gasteiger partial charge on any atom is 0.133 e. The van der Waals surface area contributed by atoms with E-state index in [2.05, 4.69) is 0 Å². The molecule has 3 heteroatoms. The normalized spacial score (nSPS) is 13.9. The van der Waals surface area contributed by atoms with Crippen LogP contribution in [0.5, 0.6) is 0 Å². The molecule has 0 spiro atoms. The van der Waals surface area contributed by atoms with Crippen molar-refractivity contribution in [2.24, 2.45) is 0 Å². The second kappa shape index (κ2) is 3.95. The summed E-state index contributed by atoms with van der Waals surface area (Å²) < 4.78 is 13.4. The van der Waals surface area contributed by atoms with Gasteiger partial charge in [-0.2, -0.15) is 0 Å². The summed E-state index contributed by atoms with van der Waals surface area (Å²) in [4.78, 5) is 1.85. The summed E-state index contributed by atoms with van der Waals surface area (Å²) in [7, 11) is 0. The summed E-state index contributed by atoms with van der Waals surface area (Å²) in [6.45, 7) is 2.57. The number of anilines is 1. The van der Waals surface area contributed by atoms with Gasteiger partial charge in [-0.05, 0) is 30.2 Å². The van der Waals surface area contributed by atoms with Gasteiger partial charge < -0.3 is 4.90 Å². The largest absolute Gasteiger partial charge is 0.322 e. The third kappa shape index (κ3) is 1.59. The van der Waals surface area contributed by atoms with Gasteiger partial charge in [-0.25, -0.2) is 4.39 Å². The Hall–Kier alpha value is -2.16. The molecule has 0 atom stereocenters. The molecule has 0 saturated heterocycles. The van der Waals surface area contributed by atoms with Gasteiger partial charge in [-0.1, -0.05) is 30.3 Å². The average molecular weight is 240 g/mol. The van der Waals surface area contributed by atoms with Crippen LogP contribution >= 0.6 is 0 Å². The van der Waals surface area contributed by atoms with Crippen LogP contribution in [-0.4, -0.2) is 5.84 Å². The molecule has 1 heterocycles. The second-order valence-corrected chi connectivity index (χ2v) is 4.52. The van der Waals surface area contributed by atoms with Crippen LogP contribution in [0.3, 0.4) is 0 Å². The van der Waals surface area contributed by atoms with E-state index in [4.69, 9.17) is 5.41 Å². The van der Waals surface area contributed by atoms with Crippen molar-refractivity contribution in [2.75, 3.05) is 4.90 Å². The zero-order chi connectivity index (χ0) is 12.7. The molecule has 1 N–H and O–H groups in total. The molecule has 2 aromatic rings. The minimum Gasteiger partial charge on any atom is -0.322 e. The molecule has 0 unspecified atom stereocenters. The molecular formula is C15H13FN2. The minimum atomic E-state index is -0.264. The maximum atomic E-state index is 13.4. The summed E-state index contributed by atoms with van der Waals surface area (Å²) in [5.74, 6) is 0.179. The van der Waals surface area contributed by atoms with Gasteiger partial charge in [-0.15, -0.1) is 0 Å². The molecule has 0 fully saturated rings. The first-order valence-corrected chi connectivity index (χ1v) is 5.87. The van der Waals surface area contributed by atoms with Crippen LogP contribution in [0.15, 0.2) is 42.5 Å². The standard InChI is InChI=1S/C15H13FN2/c1-10-6-7-12(16)8-14(10)18-9-11-4-2-3-5-13(11)15(18)17/h2-8,17H,9H2,1H3. The van der Waals surface area contributed by atoms with E-state index in [0.29, 0.717) is 12.4 Å². The first-order valence-electron chi connectivity index (χ1n) is 5.87. The summed E-state index contributed by atoms with van der Waals surface area (Å²) in [6, 6.07) is 12.5. The molecule has 90 valence electrons. The van der Waals surface area contributed by atoms with Gasteiger partial charge in [0.15, 0.2) is 0 Å². The van der Waals surface area contributed by atoms with Crippen molar-refractivity contribution >= 4 is 11.5 Å². The van der Waals surface area contributed by atoms with Crippen LogP contribution in [-0.2, 0) is 6.54 Å². The zero-order valence-electron chi connectivity index (χ0n) is 10.1. The number of benzene rings is 2. The lowest BCUT2D eigenvalue weighted by atomic mass is 10.1. The van der Waals surface area contributed by atoms with Gasteiger partial charge in [0.25, 0.3) is 0 Å². The van der Waals surface area contributed by atoms with E-state index in [0.717, 1.165) is 22.4 Å². The Morgan fingerprint density at radius 3 is 2.72 bits per heavy atom. The topological polar surface area (TPSA) is 27.1 Å². The molecular weight excluding hydrogens is 227 g/mol. The van der Waals surface area contributed by atoms with Crippen LogP contribution in [0.2, 0.25) is 0 Å². The highest BCUT2D eigenvalue weighted by Crippen LogP contribution is 2.30. The Morgan fingerprint density at radius 1 is 1.17 bits per heavy atom. The number of nitrogens with one attached hydrogen (secondary N) is 1. The molecule has 0 radical (unpaired) electrons. The molecule has 1 aliphatic heterocycles. The van der Waals surface area contributed by atoms with Gasteiger partial charge in [0, 0.05) is 11.3 Å². The molecule has 1 aliphatic rings. The van der Waals surface area contributed by atoms with Gasteiger partial charge in [0.1, 0.15) is 11.7 Å². The Kier molecular flexibility index (Phi) is 2.40. The first-order chi connectivity index (χ1) is 8.66. The van der Waals surface area contributed by atoms with Crippen molar-refractivity contribution < 1.29 is 4.39 Å². The molecule has 0 aliphatic carbocycles. The second-order valence-electron chi connectivity index (χ2n) is 4.52. The number of amidine groups is 1.